The number of hydrogen-bond donors (Lipinski definition) is 0. The summed E-state index contributed by atoms with van der Waals surface area (Å²) >= 11 is 0. The molecule has 2 unspecified atom stereocenters. The molecule has 2 atom stereocenters. The fourth-order valence-corrected chi connectivity index (χ4v) is 2.84. The van der Waals surface area contributed by atoms with E-state index in [1.807, 2.05) is 0 Å². The van der Waals surface area contributed by atoms with Crippen LogP contribution in [0.5, 0.6) is 0 Å². The molecule has 0 amide bonds. The molecular formula is C11H18. The van der Waals surface area contributed by atoms with E-state index in [-0.39, 0.29) is 0 Å². The van der Waals surface area contributed by atoms with Crippen molar-refractivity contribution in [3.63, 3.8) is 0 Å². The molecule has 1 fully saturated rings. The zero-order valence-electron chi connectivity index (χ0n) is 7.47. The van der Waals surface area contributed by atoms with Crippen molar-refractivity contribution in [1.82, 2.24) is 0 Å². The zero-order valence-corrected chi connectivity index (χ0v) is 7.47. The van der Waals surface area contributed by atoms with E-state index in [2.05, 4.69) is 13.0 Å². The van der Waals surface area contributed by atoms with Crippen LogP contribution in [0.4, 0.5) is 0 Å². The molecule has 0 radical (unpaired) electrons. The molecule has 0 saturated heterocycles. The van der Waals surface area contributed by atoms with Gasteiger partial charge in [0.2, 0.25) is 0 Å². The third-order valence-electron chi connectivity index (χ3n) is 3.48. The summed E-state index contributed by atoms with van der Waals surface area (Å²) in [6, 6.07) is 0. The van der Waals surface area contributed by atoms with Crippen molar-refractivity contribution in [3.8, 4) is 0 Å². The molecule has 0 aromatic rings. The van der Waals surface area contributed by atoms with E-state index in [4.69, 9.17) is 0 Å². The normalized spacial score (nSPS) is 36.6. The van der Waals surface area contributed by atoms with Crippen LogP contribution in [0.3, 0.4) is 0 Å². The fraction of sp³-hybridized carbons (Fsp3) is 0.818. The van der Waals surface area contributed by atoms with Gasteiger partial charge in [-0.15, -0.1) is 0 Å². The monoisotopic (exact) mass is 150 g/mol. The first-order valence-corrected chi connectivity index (χ1v) is 5.10. The molecule has 1 saturated carbocycles. The summed E-state index contributed by atoms with van der Waals surface area (Å²) in [7, 11) is 0. The first kappa shape index (κ1) is 7.39. The Morgan fingerprint density at radius 2 is 2.18 bits per heavy atom. The molecule has 0 N–H and O–H groups in total. The molecule has 0 nitrogen and oxygen atoms in total. The number of fused-ring (bicyclic) bond motifs is 1. The van der Waals surface area contributed by atoms with Crippen LogP contribution in [0, 0.1) is 11.8 Å². The third-order valence-corrected chi connectivity index (χ3v) is 3.48. The third kappa shape index (κ3) is 1.23. The quantitative estimate of drug-likeness (QED) is 0.502. The number of allylic oxidation sites excluding steroid dienone is 2. The second kappa shape index (κ2) is 3.00. The highest BCUT2D eigenvalue weighted by atomic mass is 14.3. The molecule has 0 spiro atoms. The molecular weight excluding hydrogens is 132 g/mol. The summed E-state index contributed by atoms with van der Waals surface area (Å²) in [5.41, 5.74) is 1.77. The Hall–Kier alpha value is -0.260. The van der Waals surface area contributed by atoms with E-state index in [1.165, 1.54) is 38.5 Å². The number of hydrogen-bond acceptors (Lipinski definition) is 0. The Kier molecular flexibility index (Phi) is 2.02. The SMILES string of the molecule is CCC1=CCC2CCCCC12. The Labute approximate surface area is 69.7 Å². The van der Waals surface area contributed by atoms with E-state index >= 15 is 0 Å². The van der Waals surface area contributed by atoms with Gasteiger partial charge in [-0.3, -0.25) is 0 Å². The summed E-state index contributed by atoms with van der Waals surface area (Å²) in [5.74, 6) is 2.06. The van der Waals surface area contributed by atoms with Gasteiger partial charge >= 0.3 is 0 Å². The summed E-state index contributed by atoms with van der Waals surface area (Å²) in [6.45, 7) is 2.31. The van der Waals surface area contributed by atoms with Crippen LogP contribution in [0.15, 0.2) is 11.6 Å². The smallest absolute Gasteiger partial charge is 0.0172 e. The lowest BCUT2D eigenvalue weighted by Crippen LogP contribution is -2.15. The summed E-state index contributed by atoms with van der Waals surface area (Å²) in [4.78, 5) is 0. The van der Waals surface area contributed by atoms with Gasteiger partial charge in [0.25, 0.3) is 0 Å². The summed E-state index contributed by atoms with van der Waals surface area (Å²) in [6.07, 6.45) is 11.2. The molecule has 0 heteroatoms. The van der Waals surface area contributed by atoms with Crippen molar-refractivity contribution in [2.24, 2.45) is 11.8 Å². The zero-order chi connectivity index (χ0) is 7.68. The summed E-state index contributed by atoms with van der Waals surface area (Å²) in [5, 5.41) is 0. The molecule has 0 aromatic carbocycles. The minimum atomic E-state index is 1.01. The Morgan fingerprint density at radius 3 is 3.00 bits per heavy atom. The maximum Gasteiger partial charge on any atom is -0.0172 e. The molecule has 11 heavy (non-hydrogen) atoms. The van der Waals surface area contributed by atoms with Gasteiger partial charge in [-0.25, -0.2) is 0 Å². The maximum atomic E-state index is 2.51. The van der Waals surface area contributed by atoms with Gasteiger partial charge in [-0.2, -0.15) is 0 Å². The summed E-state index contributed by atoms with van der Waals surface area (Å²) < 4.78 is 0. The van der Waals surface area contributed by atoms with E-state index < -0.39 is 0 Å². The lowest BCUT2D eigenvalue weighted by Gasteiger charge is -2.27. The predicted octanol–water partition coefficient (Wildman–Crippen LogP) is 3.53. The molecule has 0 heterocycles. The maximum absolute atomic E-state index is 2.51. The molecule has 2 aliphatic rings. The molecule has 62 valence electrons. The first-order chi connectivity index (χ1) is 5.42. The van der Waals surface area contributed by atoms with E-state index in [0.717, 1.165) is 11.8 Å². The van der Waals surface area contributed by atoms with Gasteiger partial charge in [-0.1, -0.05) is 31.4 Å². The van der Waals surface area contributed by atoms with Crippen LogP contribution in [0.2, 0.25) is 0 Å². The van der Waals surface area contributed by atoms with Gasteiger partial charge in [0.05, 0.1) is 0 Å². The predicted molar refractivity (Wildman–Crippen MR) is 48.4 cm³/mol. The molecule has 2 aliphatic carbocycles. The van der Waals surface area contributed by atoms with Crippen LogP contribution in [0.25, 0.3) is 0 Å². The van der Waals surface area contributed by atoms with E-state index in [0.29, 0.717) is 0 Å². The van der Waals surface area contributed by atoms with Gasteiger partial charge < -0.3 is 0 Å². The van der Waals surface area contributed by atoms with Crippen LogP contribution >= 0.6 is 0 Å². The Bertz CT molecular complexity index is 167. The van der Waals surface area contributed by atoms with Crippen LogP contribution < -0.4 is 0 Å². The van der Waals surface area contributed by atoms with Gasteiger partial charge in [-0.05, 0) is 37.5 Å². The van der Waals surface area contributed by atoms with Crippen molar-refractivity contribution in [1.29, 1.82) is 0 Å². The minimum Gasteiger partial charge on any atom is -0.0848 e. The van der Waals surface area contributed by atoms with Crippen molar-refractivity contribution in [2.75, 3.05) is 0 Å². The first-order valence-electron chi connectivity index (χ1n) is 5.10. The van der Waals surface area contributed by atoms with Crippen LogP contribution in [-0.4, -0.2) is 0 Å². The van der Waals surface area contributed by atoms with Gasteiger partial charge in [0, 0.05) is 0 Å². The molecule has 0 aliphatic heterocycles. The fourth-order valence-electron chi connectivity index (χ4n) is 2.84. The van der Waals surface area contributed by atoms with Crippen molar-refractivity contribution in [3.05, 3.63) is 11.6 Å². The highest BCUT2D eigenvalue weighted by molar-refractivity contribution is 5.15. The van der Waals surface area contributed by atoms with Crippen LogP contribution in [-0.2, 0) is 0 Å². The molecule has 2 rings (SSSR count). The number of rotatable bonds is 1. The lowest BCUT2D eigenvalue weighted by molar-refractivity contribution is 0.291. The highest BCUT2D eigenvalue weighted by Crippen LogP contribution is 2.43. The van der Waals surface area contributed by atoms with E-state index in [1.54, 1.807) is 5.57 Å². The van der Waals surface area contributed by atoms with Crippen molar-refractivity contribution < 1.29 is 0 Å². The second-order valence-electron chi connectivity index (χ2n) is 4.02. The highest BCUT2D eigenvalue weighted by Gasteiger charge is 2.30. The second-order valence-corrected chi connectivity index (χ2v) is 4.02. The average Bonchev–Trinajstić information content (AvgIpc) is 2.47. The van der Waals surface area contributed by atoms with Crippen molar-refractivity contribution in [2.45, 2.75) is 45.4 Å². The Morgan fingerprint density at radius 1 is 1.36 bits per heavy atom. The van der Waals surface area contributed by atoms with Crippen molar-refractivity contribution >= 4 is 0 Å². The Balaban J connectivity index is 2.05. The standard InChI is InChI=1S/C11H18/c1-2-9-7-8-10-5-3-4-6-11(9)10/h7,10-11H,2-6,8H2,1H3. The van der Waals surface area contributed by atoms with Gasteiger partial charge in [0.15, 0.2) is 0 Å². The molecule has 0 aromatic heterocycles. The topological polar surface area (TPSA) is 0 Å². The molecule has 0 bridgehead atoms. The lowest BCUT2D eigenvalue weighted by atomic mass is 9.78. The van der Waals surface area contributed by atoms with Crippen LogP contribution in [0.1, 0.15) is 45.4 Å². The van der Waals surface area contributed by atoms with E-state index in [9.17, 15) is 0 Å². The van der Waals surface area contributed by atoms with Gasteiger partial charge in [0.1, 0.15) is 0 Å². The average molecular weight is 150 g/mol. The minimum absolute atomic E-state index is 1.01. The largest absolute Gasteiger partial charge is 0.0848 e.